The Morgan fingerprint density at radius 2 is 2.24 bits per heavy atom. The third-order valence-electron chi connectivity index (χ3n) is 3.43. The van der Waals surface area contributed by atoms with Gasteiger partial charge in [-0.05, 0) is 25.9 Å². The number of nitrogens with two attached hydrogens (primary N) is 1. The zero-order chi connectivity index (χ0) is 14.9. The van der Waals surface area contributed by atoms with Crippen molar-refractivity contribution in [3.05, 3.63) is 16.1 Å². The SMILES string of the molecule is NCCc1nc(C(=O)NCCCCN2CCOCC2)cs1. The molecule has 0 atom stereocenters. The quantitative estimate of drug-likeness (QED) is 0.683. The van der Waals surface area contributed by atoms with Crippen molar-refractivity contribution in [2.45, 2.75) is 19.3 Å². The summed E-state index contributed by atoms with van der Waals surface area (Å²) in [6.45, 7) is 6.07. The maximum absolute atomic E-state index is 11.9. The number of carbonyl (C=O) groups excluding carboxylic acids is 1. The second-order valence-corrected chi connectivity index (χ2v) is 6.02. The van der Waals surface area contributed by atoms with Gasteiger partial charge in [0.15, 0.2) is 0 Å². The molecule has 7 heteroatoms. The van der Waals surface area contributed by atoms with E-state index in [0.717, 1.165) is 57.1 Å². The topological polar surface area (TPSA) is 80.5 Å². The molecule has 2 heterocycles. The largest absolute Gasteiger partial charge is 0.379 e. The van der Waals surface area contributed by atoms with Gasteiger partial charge < -0.3 is 15.8 Å². The first-order chi connectivity index (χ1) is 10.3. The lowest BCUT2D eigenvalue weighted by Gasteiger charge is -2.26. The summed E-state index contributed by atoms with van der Waals surface area (Å²) in [7, 11) is 0. The smallest absolute Gasteiger partial charge is 0.270 e. The van der Waals surface area contributed by atoms with E-state index in [1.807, 2.05) is 0 Å². The molecule has 118 valence electrons. The maximum atomic E-state index is 11.9. The van der Waals surface area contributed by atoms with Crippen LogP contribution in [0, 0.1) is 0 Å². The van der Waals surface area contributed by atoms with Crippen LogP contribution in [-0.2, 0) is 11.2 Å². The number of ether oxygens (including phenoxy) is 1. The predicted molar refractivity (Wildman–Crippen MR) is 83.7 cm³/mol. The van der Waals surface area contributed by atoms with Crippen LogP contribution < -0.4 is 11.1 Å². The van der Waals surface area contributed by atoms with Crippen LogP contribution in [0.25, 0.3) is 0 Å². The highest BCUT2D eigenvalue weighted by Gasteiger charge is 2.11. The van der Waals surface area contributed by atoms with E-state index in [1.165, 1.54) is 11.3 Å². The lowest BCUT2D eigenvalue weighted by atomic mass is 10.2. The molecule has 1 aromatic rings. The zero-order valence-electron chi connectivity index (χ0n) is 12.3. The minimum Gasteiger partial charge on any atom is -0.379 e. The van der Waals surface area contributed by atoms with E-state index in [4.69, 9.17) is 10.5 Å². The summed E-state index contributed by atoms with van der Waals surface area (Å²) in [5.41, 5.74) is 5.99. The van der Waals surface area contributed by atoms with Crippen molar-refractivity contribution in [1.82, 2.24) is 15.2 Å². The predicted octanol–water partition coefficient (Wildman–Crippen LogP) is 0.486. The second kappa shape index (κ2) is 9.09. The molecule has 0 bridgehead atoms. The molecule has 0 spiro atoms. The molecule has 0 saturated carbocycles. The Morgan fingerprint density at radius 3 is 3.00 bits per heavy atom. The molecule has 1 amide bonds. The standard InChI is InChI=1S/C14H24N4O2S/c15-4-3-13-17-12(11-21-13)14(19)16-5-1-2-6-18-7-9-20-10-8-18/h11H,1-10,15H2,(H,16,19). The number of morpholine rings is 1. The highest BCUT2D eigenvalue weighted by Crippen LogP contribution is 2.09. The first kappa shape index (κ1) is 16.4. The van der Waals surface area contributed by atoms with Gasteiger partial charge in [0.05, 0.1) is 18.2 Å². The van der Waals surface area contributed by atoms with Crippen LogP contribution in [0.15, 0.2) is 5.38 Å². The molecule has 6 nitrogen and oxygen atoms in total. The van der Waals surface area contributed by atoms with Gasteiger partial charge >= 0.3 is 0 Å². The summed E-state index contributed by atoms with van der Waals surface area (Å²) in [6, 6.07) is 0. The summed E-state index contributed by atoms with van der Waals surface area (Å²) in [5, 5.41) is 5.65. The highest BCUT2D eigenvalue weighted by molar-refractivity contribution is 7.09. The van der Waals surface area contributed by atoms with E-state index in [2.05, 4.69) is 15.2 Å². The van der Waals surface area contributed by atoms with Gasteiger partial charge in [0.1, 0.15) is 5.69 Å². The molecule has 3 N–H and O–H groups in total. The third kappa shape index (κ3) is 5.70. The van der Waals surface area contributed by atoms with Crippen molar-refractivity contribution in [2.75, 3.05) is 45.9 Å². The van der Waals surface area contributed by atoms with E-state index >= 15 is 0 Å². The summed E-state index contributed by atoms with van der Waals surface area (Å²) in [5.74, 6) is -0.0825. The fourth-order valence-electron chi connectivity index (χ4n) is 2.23. The lowest BCUT2D eigenvalue weighted by molar-refractivity contribution is 0.0372. The third-order valence-corrected chi connectivity index (χ3v) is 4.34. The fraction of sp³-hybridized carbons (Fsp3) is 0.714. The number of nitrogens with zero attached hydrogens (tertiary/aromatic N) is 2. The van der Waals surface area contributed by atoms with Crippen LogP contribution in [0.3, 0.4) is 0 Å². The van der Waals surface area contributed by atoms with E-state index in [-0.39, 0.29) is 5.91 Å². The van der Waals surface area contributed by atoms with Gasteiger partial charge in [-0.25, -0.2) is 4.98 Å². The summed E-state index contributed by atoms with van der Waals surface area (Å²) in [4.78, 5) is 18.6. The molecule has 1 fully saturated rings. The lowest BCUT2D eigenvalue weighted by Crippen LogP contribution is -2.37. The van der Waals surface area contributed by atoms with Crippen LogP contribution in [0.1, 0.15) is 28.3 Å². The minimum atomic E-state index is -0.0825. The number of hydrogen-bond donors (Lipinski definition) is 2. The normalized spacial score (nSPS) is 16.0. The Balaban J connectivity index is 1.58. The maximum Gasteiger partial charge on any atom is 0.270 e. The molecule has 0 radical (unpaired) electrons. The van der Waals surface area contributed by atoms with E-state index in [0.29, 0.717) is 18.8 Å². The number of carbonyl (C=O) groups is 1. The summed E-state index contributed by atoms with van der Waals surface area (Å²) >= 11 is 1.49. The van der Waals surface area contributed by atoms with Crippen molar-refractivity contribution in [1.29, 1.82) is 0 Å². The van der Waals surface area contributed by atoms with Crippen molar-refractivity contribution in [3.8, 4) is 0 Å². The molecule has 1 aromatic heterocycles. The molecule has 21 heavy (non-hydrogen) atoms. The molecule has 0 unspecified atom stereocenters. The Hall–Kier alpha value is -1.02. The second-order valence-electron chi connectivity index (χ2n) is 5.08. The first-order valence-corrected chi connectivity index (χ1v) is 8.40. The van der Waals surface area contributed by atoms with Crippen molar-refractivity contribution in [3.63, 3.8) is 0 Å². The molecule has 1 aliphatic rings. The van der Waals surface area contributed by atoms with Gasteiger partial charge in [-0.2, -0.15) is 0 Å². The number of unbranched alkanes of at least 4 members (excludes halogenated alkanes) is 1. The summed E-state index contributed by atoms with van der Waals surface area (Å²) in [6.07, 6.45) is 2.82. The van der Waals surface area contributed by atoms with Crippen molar-refractivity contribution < 1.29 is 9.53 Å². The van der Waals surface area contributed by atoms with Gasteiger partial charge in [0.25, 0.3) is 5.91 Å². The van der Waals surface area contributed by atoms with Crippen molar-refractivity contribution in [2.24, 2.45) is 5.73 Å². The first-order valence-electron chi connectivity index (χ1n) is 7.52. The Bertz CT molecular complexity index is 432. The molecule has 0 aliphatic carbocycles. The van der Waals surface area contributed by atoms with E-state index in [1.54, 1.807) is 5.38 Å². The molecule has 2 rings (SSSR count). The Kier molecular flexibility index (Phi) is 7.08. The van der Waals surface area contributed by atoms with Crippen LogP contribution in [0.5, 0.6) is 0 Å². The number of hydrogen-bond acceptors (Lipinski definition) is 6. The van der Waals surface area contributed by atoms with Gasteiger partial charge in [-0.3, -0.25) is 9.69 Å². The monoisotopic (exact) mass is 312 g/mol. The van der Waals surface area contributed by atoms with Crippen molar-refractivity contribution >= 4 is 17.2 Å². The van der Waals surface area contributed by atoms with Gasteiger partial charge in [0.2, 0.25) is 0 Å². The van der Waals surface area contributed by atoms with Gasteiger partial charge in [-0.15, -0.1) is 11.3 Å². The molecule has 0 aromatic carbocycles. The number of nitrogens with one attached hydrogen (secondary N) is 1. The van der Waals surface area contributed by atoms with E-state index in [9.17, 15) is 4.79 Å². The summed E-state index contributed by atoms with van der Waals surface area (Å²) < 4.78 is 5.31. The Morgan fingerprint density at radius 1 is 1.43 bits per heavy atom. The average molecular weight is 312 g/mol. The zero-order valence-corrected chi connectivity index (χ0v) is 13.2. The van der Waals surface area contributed by atoms with Crippen LogP contribution in [-0.4, -0.2) is 61.7 Å². The van der Waals surface area contributed by atoms with Crippen LogP contribution >= 0.6 is 11.3 Å². The highest BCUT2D eigenvalue weighted by atomic mass is 32.1. The Labute approximate surface area is 129 Å². The number of amides is 1. The molecule has 1 aliphatic heterocycles. The van der Waals surface area contributed by atoms with Crippen LogP contribution in [0.4, 0.5) is 0 Å². The molecular formula is C14H24N4O2S. The van der Waals surface area contributed by atoms with Crippen LogP contribution in [0.2, 0.25) is 0 Å². The minimum absolute atomic E-state index is 0.0825. The fourth-order valence-corrected chi connectivity index (χ4v) is 3.03. The van der Waals surface area contributed by atoms with Gasteiger partial charge in [-0.1, -0.05) is 0 Å². The molecular weight excluding hydrogens is 288 g/mol. The van der Waals surface area contributed by atoms with E-state index < -0.39 is 0 Å². The average Bonchev–Trinajstić information content (AvgIpc) is 2.97. The number of rotatable bonds is 8. The molecule has 1 saturated heterocycles. The van der Waals surface area contributed by atoms with Gasteiger partial charge in [0, 0.05) is 31.4 Å². The number of aromatic nitrogens is 1. The number of thiazole rings is 1.